The van der Waals surface area contributed by atoms with Gasteiger partial charge in [0.25, 0.3) is 0 Å². The molecule has 0 aliphatic carbocycles. The number of nitrogens with zero attached hydrogens (tertiary/aromatic N) is 1. The fraction of sp³-hybridized carbons (Fsp3) is 0.429. The van der Waals surface area contributed by atoms with E-state index < -0.39 is 0 Å². The van der Waals surface area contributed by atoms with E-state index >= 15 is 0 Å². The van der Waals surface area contributed by atoms with Gasteiger partial charge in [-0.25, -0.2) is 0 Å². The normalized spacial score (nSPS) is 19.2. The number of aliphatic hydroxyl groups excluding tert-OH is 1. The van der Waals surface area contributed by atoms with Crippen molar-refractivity contribution in [1.29, 1.82) is 0 Å². The molecule has 2 heterocycles. The number of aliphatic hydroxyl groups is 1. The minimum absolute atomic E-state index is 0.103. The molecule has 1 saturated heterocycles. The van der Waals surface area contributed by atoms with Gasteiger partial charge in [0.1, 0.15) is 0 Å². The number of fused-ring (bicyclic) bond motifs is 1. The van der Waals surface area contributed by atoms with Gasteiger partial charge in [0.15, 0.2) is 0 Å². The van der Waals surface area contributed by atoms with Gasteiger partial charge >= 0.3 is 0 Å². The molecule has 1 aliphatic rings. The standard InChI is InChI=1S/C14H19N3O/c18-10-14(17-8-6-15-7-9-17)12-2-1-3-13-11(12)4-5-16-13/h1-5,14-16,18H,6-10H2/t14-/m1/s1. The fourth-order valence-electron chi connectivity index (χ4n) is 2.80. The second kappa shape index (κ2) is 5.10. The predicted molar refractivity (Wildman–Crippen MR) is 72.6 cm³/mol. The van der Waals surface area contributed by atoms with Gasteiger partial charge in [0.05, 0.1) is 12.6 Å². The molecular formula is C14H19N3O. The first-order chi connectivity index (χ1) is 8.90. The smallest absolute Gasteiger partial charge is 0.0628 e. The number of hydrogen-bond donors (Lipinski definition) is 3. The summed E-state index contributed by atoms with van der Waals surface area (Å²) in [4.78, 5) is 5.59. The van der Waals surface area contributed by atoms with Gasteiger partial charge in [0, 0.05) is 43.3 Å². The number of hydrogen-bond acceptors (Lipinski definition) is 3. The summed E-state index contributed by atoms with van der Waals surface area (Å²) in [7, 11) is 0. The lowest BCUT2D eigenvalue weighted by Gasteiger charge is -2.34. The zero-order valence-electron chi connectivity index (χ0n) is 10.4. The molecule has 2 aromatic rings. The van der Waals surface area contributed by atoms with Gasteiger partial charge in [-0.15, -0.1) is 0 Å². The number of H-pyrrole nitrogens is 1. The zero-order valence-corrected chi connectivity index (χ0v) is 10.4. The largest absolute Gasteiger partial charge is 0.394 e. The van der Waals surface area contributed by atoms with Crippen LogP contribution in [0.5, 0.6) is 0 Å². The lowest BCUT2D eigenvalue weighted by atomic mass is 10.0. The summed E-state index contributed by atoms with van der Waals surface area (Å²) in [6, 6.07) is 8.45. The Balaban J connectivity index is 1.97. The van der Waals surface area contributed by atoms with Crippen LogP contribution in [0.1, 0.15) is 11.6 Å². The van der Waals surface area contributed by atoms with E-state index in [1.807, 2.05) is 6.20 Å². The first-order valence-electron chi connectivity index (χ1n) is 6.52. The van der Waals surface area contributed by atoms with Crippen molar-refractivity contribution in [1.82, 2.24) is 15.2 Å². The second-order valence-corrected chi connectivity index (χ2v) is 4.77. The Hall–Kier alpha value is -1.36. The molecule has 4 nitrogen and oxygen atoms in total. The maximum absolute atomic E-state index is 9.76. The molecule has 1 atom stereocenters. The summed E-state index contributed by atoms with van der Waals surface area (Å²) in [6.07, 6.45) is 1.96. The van der Waals surface area contributed by atoms with Crippen LogP contribution in [-0.4, -0.2) is 47.8 Å². The van der Waals surface area contributed by atoms with Crippen molar-refractivity contribution in [2.45, 2.75) is 6.04 Å². The highest BCUT2D eigenvalue weighted by molar-refractivity contribution is 5.83. The molecule has 0 amide bonds. The highest BCUT2D eigenvalue weighted by Crippen LogP contribution is 2.27. The SMILES string of the molecule is OC[C@H](c1cccc2[nH]ccc12)N1CCNCC1. The third-order valence-electron chi connectivity index (χ3n) is 3.75. The van der Waals surface area contributed by atoms with Gasteiger partial charge in [-0.3, -0.25) is 4.90 Å². The van der Waals surface area contributed by atoms with Crippen LogP contribution in [0.2, 0.25) is 0 Å². The fourth-order valence-corrected chi connectivity index (χ4v) is 2.80. The zero-order chi connectivity index (χ0) is 12.4. The van der Waals surface area contributed by atoms with E-state index in [0.29, 0.717) is 0 Å². The number of aromatic nitrogens is 1. The summed E-state index contributed by atoms with van der Waals surface area (Å²) < 4.78 is 0. The van der Waals surface area contributed by atoms with E-state index in [-0.39, 0.29) is 12.6 Å². The Bertz CT molecular complexity index is 516. The van der Waals surface area contributed by atoms with E-state index in [2.05, 4.69) is 39.5 Å². The Morgan fingerprint density at radius 3 is 2.83 bits per heavy atom. The molecule has 0 bridgehead atoms. The van der Waals surface area contributed by atoms with Crippen molar-refractivity contribution in [3.63, 3.8) is 0 Å². The molecule has 0 unspecified atom stereocenters. The lowest BCUT2D eigenvalue weighted by Crippen LogP contribution is -2.46. The van der Waals surface area contributed by atoms with Gasteiger partial charge in [-0.05, 0) is 17.7 Å². The Morgan fingerprint density at radius 1 is 1.22 bits per heavy atom. The molecule has 3 N–H and O–H groups in total. The highest BCUT2D eigenvalue weighted by Gasteiger charge is 2.22. The molecule has 0 saturated carbocycles. The number of piperazine rings is 1. The van der Waals surface area contributed by atoms with Crippen LogP contribution in [0.3, 0.4) is 0 Å². The third kappa shape index (κ3) is 2.03. The van der Waals surface area contributed by atoms with Crippen molar-refractivity contribution < 1.29 is 5.11 Å². The van der Waals surface area contributed by atoms with Crippen molar-refractivity contribution in [3.05, 3.63) is 36.0 Å². The molecular weight excluding hydrogens is 226 g/mol. The molecule has 0 radical (unpaired) electrons. The van der Waals surface area contributed by atoms with Crippen molar-refractivity contribution in [2.75, 3.05) is 32.8 Å². The van der Waals surface area contributed by atoms with Crippen molar-refractivity contribution in [3.8, 4) is 0 Å². The summed E-state index contributed by atoms with van der Waals surface area (Å²) in [6.45, 7) is 4.15. The number of aromatic amines is 1. The monoisotopic (exact) mass is 245 g/mol. The average Bonchev–Trinajstić information content (AvgIpc) is 2.90. The number of rotatable bonds is 3. The number of benzene rings is 1. The van der Waals surface area contributed by atoms with E-state index in [1.165, 1.54) is 10.9 Å². The Morgan fingerprint density at radius 2 is 2.06 bits per heavy atom. The molecule has 1 aromatic heterocycles. The van der Waals surface area contributed by atoms with Gasteiger partial charge in [-0.1, -0.05) is 12.1 Å². The summed E-state index contributed by atoms with van der Waals surface area (Å²) in [5, 5.41) is 14.3. The van der Waals surface area contributed by atoms with Crippen LogP contribution in [0.15, 0.2) is 30.5 Å². The topological polar surface area (TPSA) is 51.3 Å². The molecule has 1 aliphatic heterocycles. The highest BCUT2D eigenvalue weighted by atomic mass is 16.3. The third-order valence-corrected chi connectivity index (χ3v) is 3.75. The van der Waals surface area contributed by atoms with E-state index in [4.69, 9.17) is 0 Å². The van der Waals surface area contributed by atoms with E-state index in [0.717, 1.165) is 31.7 Å². The number of nitrogens with one attached hydrogen (secondary N) is 2. The van der Waals surface area contributed by atoms with Crippen LogP contribution in [-0.2, 0) is 0 Å². The maximum Gasteiger partial charge on any atom is 0.0628 e. The quantitative estimate of drug-likeness (QED) is 0.759. The van der Waals surface area contributed by atoms with Crippen molar-refractivity contribution >= 4 is 10.9 Å². The Labute approximate surface area is 107 Å². The first-order valence-corrected chi connectivity index (χ1v) is 6.52. The maximum atomic E-state index is 9.76. The molecule has 1 aromatic carbocycles. The van der Waals surface area contributed by atoms with Crippen LogP contribution in [0, 0.1) is 0 Å². The summed E-state index contributed by atoms with van der Waals surface area (Å²) in [5.74, 6) is 0. The van der Waals surface area contributed by atoms with Crippen LogP contribution < -0.4 is 5.32 Å². The lowest BCUT2D eigenvalue weighted by molar-refractivity contribution is 0.111. The van der Waals surface area contributed by atoms with E-state index in [9.17, 15) is 5.11 Å². The summed E-state index contributed by atoms with van der Waals surface area (Å²) >= 11 is 0. The van der Waals surface area contributed by atoms with E-state index in [1.54, 1.807) is 0 Å². The van der Waals surface area contributed by atoms with Gasteiger partial charge < -0.3 is 15.4 Å². The minimum atomic E-state index is 0.103. The first kappa shape index (κ1) is 11.7. The van der Waals surface area contributed by atoms with Crippen molar-refractivity contribution in [2.24, 2.45) is 0 Å². The molecule has 96 valence electrons. The average molecular weight is 245 g/mol. The molecule has 4 heteroatoms. The van der Waals surface area contributed by atoms with Gasteiger partial charge in [-0.2, -0.15) is 0 Å². The Kier molecular flexibility index (Phi) is 3.32. The van der Waals surface area contributed by atoms with Crippen LogP contribution in [0.4, 0.5) is 0 Å². The minimum Gasteiger partial charge on any atom is -0.394 e. The van der Waals surface area contributed by atoms with Crippen LogP contribution in [0.25, 0.3) is 10.9 Å². The molecule has 3 rings (SSSR count). The molecule has 1 fully saturated rings. The van der Waals surface area contributed by atoms with Gasteiger partial charge in [0.2, 0.25) is 0 Å². The second-order valence-electron chi connectivity index (χ2n) is 4.77. The molecule has 18 heavy (non-hydrogen) atoms. The molecule has 0 spiro atoms. The van der Waals surface area contributed by atoms with Crippen LogP contribution >= 0.6 is 0 Å². The predicted octanol–water partition coefficient (Wildman–Crippen LogP) is 1.11. The summed E-state index contributed by atoms with van der Waals surface area (Å²) in [5.41, 5.74) is 2.36.